The Morgan fingerprint density at radius 1 is 0.913 bits per heavy atom. The van der Waals surface area contributed by atoms with Crippen LogP contribution in [0.15, 0.2) is 48.5 Å². The van der Waals surface area contributed by atoms with E-state index in [1.807, 2.05) is 0 Å². The van der Waals surface area contributed by atoms with Crippen molar-refractivity contribution in [3.8, 4) is 0 Å². The van der Waals surface area contributed by atoms with Gasteiger partial charge in [0.1, 0.15) is 0 Å². The highest BCUT2D eigenvalue weighted by Gasteiger charge is 2.14. The normalized spacial score (nSPS) is 9.26. The van der Waals surface area contributed by atoms with Crippen LogP contribution >= 0.6 is 0 Å². The first kappa shape index (κ1) is 17.6. The zero-order valence-corrected chi connectivity index (χ0v) is 12.0. The molecule has 2 aromatic rings. The van der Waals surface area contributed by atoms with E-state index in [9.17, 15) is 29.8 Å². The summed E-state index contributed by atoms with van der Waals surface area (Å²) in [6, 6.07) is 11.7. The molecule has 0 saturated carbocycles. The number of aldehydes is 1. The lowest BCUT2D eigenvalue weighted by atomic mass is 10.1. The number of benzene rings is 2. The van der Waals surface area contributed by atoms with E-state index in [-0.39, 0.29) is 28.3 Å². The van der Waals surface area contributed by atoms with Crippen LogP contribution in [0, 0.1) is 20.2 Å². The van der Waals surface area contributed by atoms with Crippen molar-refractivity contribution in [2.24, 2.45) is 0 Å². The zero-order chi connectivity index (χ0) is 17.4. The van der Waals surface area contributed by atoms with Crippen LogP contribution in [-0.2, 0) is 0 Å². The third kappa shape index (κ3) is 4.81. The van der Waals surface area contributed by atoms with E-state index in [2.05, 4.69) is 0 Å². The van der Waals surface area contributed by atoms with E-state index in [1.165, 1.54) is 43.3 Å². The number of ketones is 1. The van der Waals surface area contributed by atoms with Gasteiger partial charge in [0.15, 0.2) is 12.1 Å². The van der Waals surface area contributed by atoms with Gasteiger partial charge in [-0.25, -0.2) is 0 Å². The Morgan fingerprint density at radius 3 is 1.78 bits per heavy atom. The first-order chi connectivity index (χ1) is 10.9. The molecule has 0 bridgehead atoms. The zero-order valence-electron chi connectivity index (χ0n) is 12.0. The van der Waals surface area contributed by atoms with E-state index in [1.54, 1.807) is 12.1 Å². The van der Waals surface area contributed by atoms with Crippen molar-refractivity contribution in [3.63, 3.8) is 0 Å². The second-order valence-corrected chi connectivity index (χ2v) is 4.26. The second-order valence-electron chi connectivity index (χ2n) is 4.26. The van der Waals surface area contributed by atoms with Gasteiger partial charge in [-0.05, 0) is 19.1 Å². The summed E-state index contributed by atoms with van der Waals surface area (Å²) in [6.07, 6.45) is 0.470. The summed E-state index contributed by atoms with van der Waals surface area (Å²) in [5.74, 6) is -0.290. The average Bonchev–Trinajstić information content (AvgIpc) is 2.55. The van der Waals surface area contributed by atoms with Gasteiger partial charge in [0.25, 0.3) is 11.4 Å². The molecule has 0 heterocycles. The van der Waals surface area contributed by atoms with E-state index >= 15 is 0 Å². The number of nitro benzene ring substituents is 2. The molecule has 0 radical (unpaired) electrons. The summed E-state index contributed by atoms with van der Waals surface area (Å²) in [6.45, 7) is 1.31. The number of nitro groups is 2. The van der Waals surface area contributed by atoms with Crippen molar-refractivity contribution in [3.05, 3.63) is 79.9 Å². The lowest BCUT2D eigenvalue weighted by molar-refractivity contribution is -0.385. The van der Waals surface area contributed by atoms with Crippen LogP contribution in [0.4, 0.5) is 11.4 Å². The van der Waals surface area contributed by atoms with E-state index in [0.29, 0.717) is 6.29 Å². The molecule has 8 heteroatoms. The number of Topliss-reactive ketones (excluding diaryl/α,β-unsaturated/α-hetero) is 1. The number of carbonyl (C=O) groups excluding carboxylic acids is 2. The molecular formula is C15H12N2O6. The van der Waals surface area contributed by atoms with Crippen molar-refractivity contribution in [2.75, 3.05) is 0 Å². The van der Waals surface area contributed by atoms with Crippen LogP contribution in [0.2, 0.25) is 0 Å². The minimum atomic E-state index is -0.580. The Balaban J connectivity index is 0.000000231. The largest absolute Gasteiger partial charge is 0.298 e. The second kappa shape index (κ2) is 8.13. The Kier molecular flexibility index (Phi) is 6.23. The van der Waals surface area contributed by atoms with Gasteiger partial charge < -0.3 is 0 Å². The number of rotatable bonds is 4. The van der Waals surface area contributed by atoms with E-state index in [4.69, 9.17) is 0 Å². The maximum Gasteiger partial charge on any atom is 0.280 e. The minimum Gasteiger partial charge on any atom is -0.298 e. The van der Waals surface area contributed by atoms with Crippen molar-refractivity contribution >= 4 is 23.4 Å². The third-order valence-corrected chi connectivity index (χ3v) is 2.74. The Labute approximate surface area is 130 Å². The third-order valence-electron chi connectivity index (χ3n) is 2.74. The highest BCUT2D eigenvalue weighted by Crippen LogP contribution is 2.17. The molecule has 0 N–H and O–H groups in total. The molecule has 0 atom stereocenters. The fourth-order valence-corrected chi connectivity index (χ4v) is 1.68. The molecular weight excluding hydrogens is 304 g/mol. The van der Waals surface area contributed by atoms with E-state index < -0.39 is 9.85 Å². The van der Waals surface area contributed by atoms with Gasteiger partial charge in [0.05, 0.1) is 21.0 Å². The summed E-state index contributed by atoms with van der Waals surface area (Å²) in [5.41, 5.74) is -0.0208. The van der Waals surface area contributed by atoms with Crippen LogP contribution in [0.3, 0.4) is 0 Å². The van der Waals surface area contributed by atoms with Gasteiger partial charge in [-0.2, -0.15) is 0 Å². The quantitative estimate of drug-likeness (QED) is 0.369. The highest BCUT2D eigenvalue weighted by atomic mass is 16.6. The molecule has 0 aliphatic heterocycles. The maximum atomic E-state index is 10.9. The molecule has 2 aromatic carbocycles. The van der Waals surface area contributed by atoms with Gasteiger partial charge in [0.2, 0.25) is 0 Å². The van der Waals surface area contributed by atoms with Gasteiger partial charge in [-0.15, -0.1) is 0 Å². The molecule has 0 amide bonds. The molecule has 8 nitrogen and oxygen atoms in total. The molecule has 0 unspecified atom stereocenters. The van der Waals surface area contributed by atoms with Crippen LogP contribution in [0.1, 0.15) is 27.6 Å². The van der Waals surface area contributed by atoms with Crippen LogP contribution in [0.25, 0.3) is 0 Å². The number of para-hydroxylation sites is 2. The van der Waals surface area contributed by atoms with Crippen LogP contribution < -0.4 is 0 Å². The topological polar surface area (TPSA) is 120 Å². The molecule has 0 aromatic heterocycles. The van der Waals surface area contributed by atoms with Crippen LogP contribution in [0.5, 0.6) is 0 Å². The number of hydrogen-bond donors (Lipinski definition) is 0. The molecule has 118 valence electrons. The fraction of sp³-hybridized carbons (Fsp3) is 0.0667. The van der Waals surface area contributed by atoms with Gasteiger partial charge in [-0.3, -0.25) is 29.8 Å². The lowest BCUT2D eigenvalue weighted by Crippen LogP contribution is -1.98. The average molecular weight is 316 g/mol. The predicted octanol–water partition coefficient (Wildman–Crippen LogP) is 3.20. The van der Waals surface area contributed by atoms with Gasteiger partial charge in [-0.1, -0.05) is 24.3 Å². The summed E-state index contributed by atoms with van der Waals surface area (Å²) in [7, 11) is 0. The van der Waals surface area contributed by atoms with Crippen molar-refractivity contribution in [1.82, 2.24) is 0 Å². The standard InChI is InChI=1S/C8H7NO3.C7H5NO3/c1-6(10)7-4-2-3-5-8(7)9(11)12;9-5-6-3-1-2-4-7(6)8(10)11/h2-5H,1H3;1-5H. The Morgan fingerprint density at radius 2 is 1.39 bits per heavy atom. The molecule has 0 saturated heterocycles. The monoisotopic (exact) mass is 316 g/mol. The van der Waals surface area contributed by atoms with Crippen molar-refractivity contribution in [1.29, 1.82) is 0 Å². The highest BCUT2D eigenvalue weighted by molar-refractivity contribution is 5.97. The smallest absolute Gasteiger partial charge is 0.280 e. The minimum absolute atomic E-state index is 0.109. The Hall–Kier alpha value is -3.42. The summed E-state index contributed by atoms with van der Waals surface area (Å²) in [4.78, 5) is 40.6. The van der Waals surface area contributed by atoms with Gasteiger partial charge in [0, 0.05) is 12.1 Å². The number of carbonyl (C=O) groups is 2. The number of nitrogens with zero attached hydrogens (tertiary/aromatic N) is 2. The summed E-state index contributed by atoms with van der Waals surface area (Å²) in [5, 5.41) is 20.6. The van der Waals surface area contributed by atoms with E-state index in [0.717, 1.165) is 0 Å². The first-order valence-corrected chi connectivity index (χ1v) is 6.31. The molecule has 0 aliphatic rings. The first-order valence-electron chi connectivity index (χ1n) is 6.31. The Bertz CT molecular complexity index is 724. The molecule has 23 heavy (non-hydrogen) atoms. The SMILES string of the molecule is CC(=O)c1ccccc1[N+](=O)[O-].O=Cc1ccccc1[N+](=O)[O-]. The van der Waals surface area contributed by atoms with Gasteiger partial charge >= 0.3 is 0 Å². The summed E-state index contributed by atoms with van der Waals surface area (Å²) >= 11 is 0. The molecule has 0 fully saturated rings. The summed E-state index contributed by atoms with van der Waals surface area (Å²) < 4.78 is 0. The lowest BCUT2D eigenvalue weighted by Gasteiger charge is -1.95. The van der Waals surface area contributed by atoms with Crippen molar-refractivity contribution < 1.29 is 19.4 Å². The fourth-order valence-electron chi connectivity index (χ4n) is 1.68. The van der Waals surface area contributed by atoms with Crippen molar-refractivity contribution in [2.45, 2.75) is 6.92 Å². The molecule has 2 rings (SSSR count). The molecule has 0 aliphatic carbocycles. The molecule has 0 spiro atoms. The number of hydrogen-bond acceptors (Lipinski definition) is 6. The van der Waals surface area contributed by atoms with Crippen LogP contribution in [-0.4, -0.2) is 21.9 Å². The predicted molar refractivity (Wildman–Crippen MR) is 81.6 cm³/mol. The maximum absolute atomic E-state index is 10.9.